The van der Waals surface area contributed by atoms with Gasteiger partial charge in [0.1, 0.15) is 9.21 Å². The second kappa shape index (κ2) is 9.43. The maximum atomic E-state index is 16.9. The molecule has 0 aromatic carbocycles. The molecule has 0 saturated carbocycles. The predicted molar refractivity (Wildman–Crippen MR) is 121 cm³/mol. The van der Waals surface area contributed by atoms with Gasteiger partial charge in [-0.1, -0.05) is 45.4 Å². The molecule has 3 heterocycles. The summed E-state index contributed by atoms with van der Waals surface area (Å²) in [7, 11) is 0. The Morgan fingerprint density at radius 3 is 1.76 bits per heavy atom. The van der Waals surface area contributed by atoms with Gasteiger partial charge in [0, 0.05) is 5.69 Å². The second-order valence-corrected chi connectivity index (χ2v) is 9.06. The number of nitrogens with zero attached hydrogens (tertiary/aromatic N) is 3. The molecule has 0 spiro atoms. The van der Waals surface area contributed by atoms with E-state index in [2.05, 4.69) is 62.6 Å². The van der Waals surface area contributed by atoms with Crippen LogP contribution in [-0.2, 0) is 12.1 Å². The molecule has 0 aliphatic heterocycles. The SMILES string of the molecule is CCC(C)C(C)Cc1cccc(C(F)(c2cccc(Br)n2)c2cccc(Br)n2)n1. The van der Waals surface area contributed by atoms with Gasteiger partial charge in [-0.15, -0.1) is 0 Å². The summed E-state index contributed by atoms with van der Waals surface area (Å²) in [6.07, 6.45) is 1.91. The Morgan fingerprint density at radius 2 is 1.28 bits per heavy atom. The molecule has 0 aliphatic carbocycles. The first-order chi connectivity index (χ1) is 13.8. The van der Waals surface area contributed by atoms with Crippen LogP contribution < -0.4 is 0 Å². The summed E-state index contributed by atoms with van der Waals surface area (Å²) in [5.74, 6) is 1.04. The van der Waals surface area contributed by atoms with Crippen LogP contribution in [0.3, 0.4) is 0 Å². The number of aromatic nitrogens is 3. The Bertz CT molecular complexity index is 934. The van der Waals surface area contributed by atoms with Gasteiger partial charge < -0.3 is 0 Å². The number of hydrogen-bond acceptors (Lipinski definition) is 3. The van der Waals surface area contributed by atoms with Crippen molar-refractivity contribution >= 4 is 31.9 Å². The first-order valence-corrected chi connectivity index (χ1v) is 11.3. The van der Waals surface area contributed by atoms with E-state index >= 15 is 4.39 Å². The highest BCUT2D eigenvalue weighted by atomic mass is 79.9. The van der Waals surface area contributed by atoms with E-state index in [1.807, 2.05) is 12.1 Å². The molecule has 2 unspecified atom stereocenters. The van der Waals surface area contributed by atoms with Gasteiger partial charge in [-0.3, -0.25) is 4.98 Å². The molecule has 3 nitrogen and oxygen atoms in total. The summed E-state index contributed by atoms with van der Waals surface area (Å²) in [4.78, 5) is 13.5. The highest BCUT2D eigenvalue weighted by Gasteiger charge is 2.41. The number of pyridine rings is 3. The Labute approximate surface area is 188 Å². The summed E-state index contributed by atoms with van der Waals surface area (Å²) in [6.45, 7) is 6.65. The molecule has 0 amide bonds. The minimum atomic E-state index is -2.07. The topological polar surface area (TPSA) is 38.7 Å². The Kier molecular flexibility index (Phi) is 7.17. The number of alkyl halides is 1. The van der Waals surface area contributed by atoms with Crippen LogP contribution in [0, 0.1) is 11.8 Å². The van der Waals surface area contributed by atoms with Crippen molar-refractivity contribution in [1.82, 2.24) is 15.0 Å². The average molecular weight is 521 g/mol. The average Bonchev–Trinajstić information content (AvgIpc) is 2.72. The third-order valence-electron chi connectivity index (χ3n) is 5.44. The molecular weight excluding hydrogens is 497 g/mol. The van der Waals surface area contributed by atoms with Crippen LogP contribution in [0.15, 0.2) is 63.8 Å². The molecular formula is C23H24Br2FN3. The van der Waals surface area contributed by atoms with E-state index in [1.165, 1.54) is 0 Å². The molecule has 3 rings (SSSR count). The van der Waals surface area contributed by atoms with Crippen molar-refractivity contribution in [1.29, 1.82) is 0 Å². The van der Waals surface area contributed by atoms with E-state index in [1.54, 1.807) is 42.5 Å². The summed E-state index contributed by atoms with van der Waals surface area (Å²) in [5.41, 5.74) is -0.400. The summed E-state index contributed by atoms with van der Waals surface area (Å²) in [6, 6.07) is 16.0. The lowest BCUT2D eigenvalue weighted by Gasteiger charge is -2.25. The zero-order chi connectivity index (χ0) is 21.0. The van der Waals surface area contributed by atoms with E-state index in [0.717, 1.165) is 18.5 Å². The van der Waals surface area contributed by atoms with Crippen LogP contribution in [0.2, 0.25) is 0 Å². The zero-order valence-electron chi connectivity index (χ0n) is 16.7. The third kappa shape index (κ3) is 4.92. The first-order valence-electron chi connectivity index (χ1n) is 9.76. The number of halogens is 3. The van der Waals surface area contributed by atoms with Crippen LogP contribution in [0.5, 0.6) is 0 Å². The van der Waals surface area contributed by atoms with Gasteiger partial charge in [-0.05, 0) is 86.5 Å². The molecule has 152 valence electrons. The van der Waals surface area contributed by atoms with E-state index < -0.39 is 5.67 Å². The first kappa shape index (κ1) is 22.0. The molecule has 0 fully saturated rings. The molecule has 2 atom stereocenters. The minimum Gasteiger partial charge on any atom is -0.254 e. The van der Waals surface area contributed by atoms with Crippen LogP contribution >= 0.6 is 31.9 Å². The molecule has 3 aromatic rings. The van der Waals surface area contributed by atoms with E-state index in [0.29, 0.717) is 26.7 Å². The quantitative estimate of drug-likeness (QED) is 0.318. The molecule has 0 radical (unpaired) electrons. The van der Waals surface area contributed by atoms with E-state index in [9.17, 15) is 0 Å². The molecule has 6 heteroatoms. The fraction of sp³-hybridized carbons (Fsp3) is 0.348. The lowest BCUT2D eigenvalue weighted by Crippen LogP contribution is -2.28. The van der Waals surface area contributed by atoms with Crippen molar-refractivity contribution in [3.05, 3.63) is 86.6 Å². The summed E-state index contributed by atoms with van der Waals surface area (Å²) < 4.78 is 18.0. The second-order valence-electron chi connectivity index (χ2n) is 7.43. The van der Waals surface area contributed by atoms with Crippen molar-refractivity contribution in [3.63, 3.8) is 0 Å². The standard InChI is InChI=1S/C23H24Br2FN3/c1-4-15(2)16(3)14-17-8-5-9-18(27-17)23(26,19-10-6-12-21(24)28-19)20-11-7-13-22(25)29-20/h5-13,15-16H,4,14H2,1-3H3. The van der Waals surface area contributed by atoms with Crippen molar-refractivity contribution in [3.8, 4) is 0 Å². The highest BCUT2D eigenvalue weighted by molar-refractivity contribution is 9.10. The van der Waals surface area contributed by atoms with Crippen LogP contribution in [-0.4, -0.2) is 15.0 Å². The van der Waals surface area contributed by atoms with Crippen molar-refractivity contribution in [2.24, 2.45) is 11.8 Å². The Hall–Kier alpha value is -1.66. The van der Waals surface area contributed by atoms with Crippen LogP contribution in [0.1, 0.15) is 50.0 Å². The lowest BCUT2D eigenvalue weighted by molar-refractivity contribution is 0.257. The largest absolute Gasteiger partial charge is 0.254 e. The van der Waals surface area contributed by atoms with Gasteiger partial charge in [0.25, 0.3) is 0 Å². The van der Waals surface area contributed by atoms with Gasteiger partial charge in [0.15, 0.2) is 0 Å². The monoisotopic (exact) mass is 519 g/mol. The fourth-order valence-electron chi connectivity index (χ4n) is 3.31. The van der Waals surface area contributed by atoms with E-state index in [4.69, 9.17) is 4.98 Å². The molecule has 0 N–H and O–H groups in total. The Balaban J connectivity index is 2.11. The minimum absolute atomic E-state index is 0.247. The van der Waals surface area contributed by atoms with Gasteiger partial charge in [-0.25, -0.2) is 14.4 Å². The highest BCUT2D eigenvalue weighted by Crippen LogP contribution is 2.39. The van der Waals surface area contributed by atoms with Gasteiger partial charge in [0.2, 0.25) is 5.67 Å². The van der Waals surface area contributed by atoms with Gasteiger partial charge >= 0.3 is 0 Å². The molecule has 29 heavy (non-hydrogen) atoms. The number of hydrogen-bond donors (Lipinski definition) is 0. The van der Waals surface area contributed by atoms with Crippen molar-refractivity contribution < 1.29 is 4.39 Å². The maximum absolute atomic E-state index is 16.9. The molecule has 0 bridgehead atoms. The van der Waals surface area contributed by atoms with Gasteiger partial charge in [0.05, 0.1) is 17.1 Å². The van der Waals surface area contributed by atoms with E-state index in [-0.39, 0.29) is 11.4 Å². The van der Waals surface area contributed by atoms with Gasteiger partial charge in [-0.2, -0.15) is 0 Å². The summed E-state index contributed by atoms with van der Waals surface area (Å²) >= 11 is 6.71. The fourth-order valence-corrected chi connectivity index (χ4v) is 4.00. The third-order valence-corrected chi connectivity index (χ3v) is 6.33. The summed E-state index contributed by atoms with van der Waals surface area (Å²) in [5, 5.41) is 0. The van der Waals surface area contributed by atoms with Crippen LogP contribution in [0.4, 0.5) is 4.39 Å². The zero-order valence-corrected chi connectivity index (χ0v) is 19.9. The van der Waals surface area contributed by atoms with Crippen molar-refractivity contribution in [2.45, 2.75) is 39.3 Å². The number of rotatable bonds is 7. The predicted octanol–water partition coefficient (Wildman–Crippen LogP) is 6.88. The molecule has 0 saturated heterocycles. The Morgan fingerprint density at radius 1 is 0.793 bits per heavy atom. The smallest absolute Gasteiger partial charge is 0.236 e. The normalized spacial score (nSPS) is 13.9. The van der Waals surface area contributed by atoms with Crippen molar-refractivity contribution in [2.75, 3.05) is 0 Å². The lowest BCUT2D eigenvalue weighted by atomic mass is 9.88. The molecule has 0 aliphatic rings. The van der Waals surface area contributed by atoms with Crippen LogP contribution in [0.25, 0.3) is 0 Å². The maximum Gasteiger partial charge on any atom is 0.236 e. The molecule has 3 aromatic heterocycles.